The molecule has 114 valence electrons. The molecule has 2 aromatic heterocycles. The summed E-state index contributed by atoms with van der Waals surface area (Å²) in [5, 5.41) is 3.26. The summed E-state index contributed by atoms with van der Waals surface area (Å²) in [6.07, 6.45) is 3.33. The first-order chi connectivity index (χ1) is 10.6. The molecule has 0 saturated heterocycles. The van der Waals surface area contributed by atoms with Crippen molar-refractivity contribution in [3.63, 3.8) is 0 Å². The molecule has 0 amide bonds. The van der Waals surface area contributed by atoms with E-state index < -0.39 is 0 Å². The summed E-state index contributed by atoms with van der Waals surface area (Å²) in [5.74, 6) is 1.28. The van der Waals surface area contributed by atoms with E-state index in [1.54, 1.807) is 11.3 Å². The predicted octanol–water partition coefficient (Wildman–Crippen LogP) is 4.79. The van der Waals surface area contributed by atoms with Gasteiger partial charge in [-0.2, -0.15) is 0 Å². The lowest BCUT2D eigenvalue weighted by atomic mass is 10.1. The first-order valence-corrected chi connectivity index (χ1v) is 8.48. The van der Waals surface area contributed by atoms with Gasteiger partial charge in [-0.15, -0.1) is 11.3 Å². The summed E-state index contributed by atoms with van der Waals surface area (Å²) in [5.41, 5.74) is 8.21. The fourth-order valence-electron chi connectivity index (χ4n) is 2.45. The van der Waals surface area contributed by atoms with Crippen LogP contribution in [0, 0.1) is 5.92 Å². The Labute approximate surface area is 135 Å². The highest BCUT2D eigenvalue weighted by Gasteiger charge is 2.05. The number of hydrogen-bond acceptors (Lipinski definition) is 2. The summed E-state index contributed by atoms with van der Waals surface area (Å²) < 4.78 is 2.30. The van der Waals surface area contributed by atoms with Crippen LogP contribution >= 0.6 is 11.3 Å². The maximum Gasteiger partial charge on any atom is 0.141 e. The maximum atomic E-state index is 6.08. The van der Waals surface area contributed by atoms with Gasteiger partial charge in [0.15, 0.2) is 0 Å². The van der Waals surface area contributed by atoms with Gasteiger partial charge in [0.25, 0.3) is 0 Å². The molecule has 2 N–H and O–H groups in total. The number of thiophene rings is 1. The maximum absolute atomic E-state index is 6.08. The minimum absolute atomic E-state index is 0.578. The summed E-state index contributed by atoms with van der Waals surface area (Å²) in [7, 11) is 0. The number of aryl methyl sites for hydroxylation is 1. The van der Waals surface area contributed by atoms with Gasteiger partial charge >= 0.3 is 0 Å². The van der Waals surface area contributed by atoms with Crippen LogP contribution in [-0.4, -0.2) is 10.4 Å². The highest BCUT2D eigenvalue weighted by atomic mass is 32.1. The van der Waals surface area contributed by atoms with Gasteiger partial charge in [0.1, 0.15) is 5.84 Å². The van der Waals surface area contributed by atoms with E-state index in [1.165, 1.54) is 17.3 Å². The van der Waals surface area contributed by atoms with E-state index in [-0.39, 0.29) is 0 Å². The van der Waals surface area contributed by atoms with E-state index in [0.29, 0.717) is 11.8 Å². The van der Waals surface area contributed by atoms with E-state index >= 15 is 0 Å². The molecule has 3 nitrogen and oxygen atoms in total. The molecule has 0 radical (unpaired) electrons. The van der Waals surface area contributed by atoms with E-state index in [1.807, 2.05) is 23.6 Å². The van der Waals surface area contributed by atoms with Crippen molar-refractivity contribution in [1.29, 1.82) is 0 Å². The molecule has 0 bridgehead atoms. The van der Waals surface area contributed by atoms with Gasteiger partial charge in [-0.3, -0.25) is 0 Å². The number of aromatic nitrogens is 1. The van der Waals surface area contributed by atoms with E-state index in [2.05, 4.69) is 47.8 Å². The van der Waals surface area contributed by atoms with Crippen LogP contribution in [0.1, 0.15) is 25.1 Å². The van der Waals surface area contributed by atoms with Crippen LogP contribution in [0.15, 0.2) is 53.0 Å². The molecule has 0 aliphatic carbocycles. The van der Waals surface area contributed by atoms with Crippen LogP contribution in [0.25, 0.3) is 10.9 Å². The molecule has 3 aromatic rings. The molecular formula is C18H21N3S. The van der Waals surface area contributed by atoms with E-state index in [9.17, 15) is 0 Å². The van der Waals surface area contributed by atoms with Crippen LogP contribution in [0.5, 0.6) is 0 Å². The molecule has 2 heterocycles. The van der Waals surface area contributed by atoms with Crippen molar-refractivity contribution in [3.05, 3.63) is 52.9 Å². The molecule has 22 heavy (non-hydrogen) atoms. The SMILES string of the molecule is CC(C)CCn1ccc2ccc(N=C(N)c3cccs3)cc21. The van der Waals surface area contributed by atoms with Gasteiger partial charge in [0.05, 0.1) is 16.1 Å². The Balaban J connectivity index is 1.91. The fourth-order valence-corrected chi connectivity index (χ4v) is 3.08. The second-order valence-corrected chi connectivity index (χ2v) is 6.86. The van der Waals surface area contributed by atoms with Crippen LogP contribution in [0.2, 0.25) is 0 Å². The van der Waals surface area contributed by atoms with Crippen LogP contribution in [-0.2, 0) is 6.54 Å². The predicted molar refractivity (Wildman–Crippen MR) is 96.1 cm³/mol. The van der Waals surface area contributed by atoms with Gasteiger partial charge in [-0.1, -0.05) is 26.0 Å². The van der Waals surface area contributed by atoms with E-state index in [4.69, 9.17) is 5.73 Å². The average Bonchev–Trinajstić information content (AvgIpc) is 3.14. The Hall–Kier alpha value is -2.07. The number of hydrogen-bond donors (Lipinski definition) is 1. The number of rotatable bonds is 5. The lowest BCUT2D eigenvalue weighted by Gasteiger charge is -2.08. The molecule has 0 aliphatic rings. The Morgan fingerprint density at radius 1 is 1.27 bits per heavy atom. The summed E-state index contributed by atoms with van der Waals surface area (Å²) in [6, 6.07) is 12.4. The van der Waals surface area contributed by atoms with Gasteiger partial charge in [0.2, 0.25) is 0 Å². The minimum Gasteiger partial charge on any atom is -0.383 e. The first kappa shape index (κ1) is 14.9. The third-order valence-electron chi connectivity index (χ3n) is 3.73. The molecule has 4 heteroatoms. The first-order valence-electron chi connectivity index (χ1n) is 7.60. The lowest BCUT2D eigenvalue weighted by molar-refractivity contribution is 0.524. The van der Waals surface area contributed by atoms with E-state index in [0.717, 1.165) is 17.1 Å². The number of aliphatic imine (C=N–C) groups is 1. The number of nitrogens with zero attached hydrogens (tertiary/aromatic N) is 2. The van der Waals surface area contributed by atoms with Gasteiger partial charge in [-0.25, -0.2) is 4.99 Å². The Bertz CT molecular complexity index is 782. The smallest absolute Gasteiger partial charge is 0.141 e. The third kappa shape index (κ3) is 3.22. The topological polar surface area (TPSA) is 43.3 Å². The zero-order chi connectivity index (χ0) is 15.5. The summed E-state index contributed by atoms with van der Waals surface area (Å²) >= 11 is 1.61. The van der Waals surface area contributed by atoms with Crippen molar-refractivity contribution in [1.82, 2.24) is 4.57 Å². The highest BCUT2D eigenvalue weighted by molar-refractivity contribution is 7.12. The van der Waals surface area contributed by atoms with Gasteiger partial charge in [-0.05, 0) is 47.4 Å². The molecule has 0 fully saturated rings. The van der Waals surface area contributed by atoms with Crippen molar-refractivity contribution in [2.75, 3.05) is 0 Å². The molecule has 0 saturated carbocycles. The molecular weight excluding hydrogens is 290 g/mol. The Morgan fingerprint density at radius 2 is 2.14 bits per heavy atom. The quantitative estimate of drug-likeness (QED) is 0.534. The molecule has 1 aromatic carbocycles. The fraction of sp³-hybridized carbons (Fsp3) is 0.278. The Kier molecular flexibility index (Phi) is 4.29. The van der Waals surface area contributed by atoms with Crippen LogP contribution < -0.4 is 5.73 Å². The van der Waals surface area contributed by atoms with Gasteiger partial charge < -0.3 is 10.3 Å². The number of nitrogens with two attached hydrogens (primary N) is 1. The standard InChI is InChI=1S/C18H21N3S/c1-13(2)7-9-21-10-8-14-5-6-15(12-16(14)21)20-18(19)17-4-3-11-22-17/h3-6,8,10-13H,7,9H2,1-2H3,(H2,19,20). The van der Waals surface area contributed by atoms with Gasteiger partial charge in [0, 0.05) is 12.7 Å². The number of amidine groups is 1. The normalized spacial score (nSPS) is 12.4. The van der Waals surface area contributed by atoms with Crippen molar-refractivity contribution in [2.45, 2.75) is 26.8 Å². The largest absolute Gasteiger partial charge is 0.383 e. The molecule has 0 aliphatic heterocycles. The van der Waals surface area contributed by atoms with Crippen molar-refractivity contribution in [2.24, 2.45) is 16.6 Å². The second kappa shape index (κ2) is 6.36. The average molecular weight is 311 g/mol. The zero-order valence-electron chi connectivity index (χ0n) is 13.0. The second-order valence-electron chi connectivity index (χ2n) is 5.91. The van der Waals surface area contributed by atoms with Crippen molar-refractivity contribution in [3.8, 4) is 0 Å². The summed E-state index contributed by atoms with van der Waals surface area (Å²) in [6.45, 7) is 5.54. The molecule has 0 spiro atoms. The molecule has 3 rings (SSSR count). The monoisotopic (exact) mass is 311 g/mol. The Morgan fingerprint density at radius 3 is 2.86 bits per heavy atom. The minimum atomic E-state index is 0.578. The van der Waals surface area contributed by atoms with Crippen LogP contribution in [0.3, 0.4) is 0 Å². The highest BCUT2D eigenvalue weighted by Crippen LogP contribution is 2.24. The number of fused-ring (bicyclic) bond motifs is 1. The third-order valence-corrected chi connectivity index (χ3v) is 4.62. The molecule has 0 atom stereocenters. The molecule has 0 unspecified atom stereocenters. The van der Waals surface area contributed by atoms with Crippen molar-refractivity contribution >= 4 is 33.8 Å². The number of benzene rings is 1. The van der Waals surface area contributed by atoms with Crippen LogP contribution in [0.4, 0.5) is 5.69 Å². The summed E-state index contributed by atoms with van der Waals surface area (Å²) in [4.78, 5) is 5.57. The lowest BCUT2D eigenvalue weighted by Crippen LogP contribution is -2.10. The van der Waals surface area contributed by atoms with Crippen molar-refractivity contribution < 1.29 is 0 Å². The zero-order valence-corrected chi connectivity index (χ0v) is 13.8.